The molecule has 0 bridgehead atoms. The number of amides is 4. The summed E-state index contributed by atoms with van der Waals surface area (Å²) in [7, 11) is -3.99. The van der Waals surface area contributed by atoms with Gasteiger partial charge in [0, 0.05) is 18.2 Å². The van der Waals surface area contributed by atoms with Gasteiger partial charge in [-0.3, -0.25) is 28.9 Å². The van der Waals surface area contributed by atoms with Crippen molar-refractivity contribution in [2.24, 2.45) is 0 Å². The lowest BCUT2D eigenvalue weighted by Crippen LogP contribution is -2.29. The van der Waals surface area contributed by atoms with Gasteiger partial charge in [0.2, 0.25) is 9.84 Å². The smallest absolute Gasteiger partial charge is 0.266 e. The van der Waals surface area contributed by atoms with Crippen LogP contribution in [0.1, 0.15) is 73.9 Å². The average Bonchev–Trinajstić information content (AvgIpc) is 3.44. The van der Waals surface area contributed by atoms with Crippen LogP contribution in [0.15, 0.2) is 94.5 Å². The van der Waals surface area contributed by atoms with Gasteiger partial charge in [-0.1, -0.05) is 30.3 Å². The number of carbonyl (C=O) groups excluding carboxylic acids is 5. The van der Waals surface area contributed by atoms with E-state index in [1.807, 2.05) is 0 Å². The monoisotopic (exact) mass is 572 g/mol. The maximum absolute atomic E-state index is 13.9. The Labute approximate surface area is 245 Å². The van der Waals surface area contributed by atoms with Crippen LogP contribution >= 0.6 is 0 Å². The molecule has 41 heavy (non-hydrogen) atoms. The van der Waals surface area contributed by atoms with E-state index in [9.17, 15) is 32.4 Å². The van der Waals surface area contributed by atoms with Crippen molar-refractivity contribution in [1.29, 1.82) is 0 Å². The Kier molecular flexibility index (Phi) is 4.07. The number of anilines is 1. The van der Waals surface area contributed by atoms with Gasteiger partial charge in [0.1, 0.15) is 0 Å². The Morgan fingerprint density at radius 3 is 1.88 bits per heavy atom. The minimum atomic E-state index is -5.28. The molecule has 0 radical (unpaired) electrons. The van der Waals surface area contributed by atoms with E-state index < -0.39 is 103 Å². The maximum atomic E-state index is 13.9. The predicted molar refractivity (Wildman–Crippen MR) is 147 cm³/mol. The lowest BCUT2D eigenvalue weighted by atomic mass is 9.96. The summed E-state index contributed by atoms with van der Waals surface area (Å²) in [6.45, 7) is 1.17. The van der Waals surface area contributed by atoms with E-state index in [2.05, 4.69) is 0 Å². The third-order valence-corrected chi connectivity index (χ3v) is 8.06. The molecule has 0 spiro atoms. The Morgan fingerprint density at radius 1 is 0.707 bits per heavy atom. The molecular formula is C31H20N2O7S. The van der Waals surface area contributed by atoms with Crippen molar-refractivity contribution in [2.75, 3.05) is 11.9 Å². The number of hydrogen-bond acceptors (Lipinski definition) is 7. The minimum Gasteiger partial charge on any atom is -0.289 e. The number of hydrogen-bond donors (Lipinski definition) is 0. The summed E-state index contributed by atoms with van der Waals surface area (Å²) in [6.07, 6.45) is 0. The van der Waals surface area contributed by atoms with Gasteiger partial charge in [-0.25, -0.2) is 13.3 Å². The molecule has 10 heteroatoms. The van der Waals surface area contributed by atoms with Crippen molar-refractivity contribution in [3.8, 4) is 0 Å². The molecule has 0 aromatic heterocycles. The normalized spacial score (nSPS) is 17.2. The molecule has 4 aromatic carbocycles. The molecule has 2 aliphatic rings. The van der Waals surface area contributed by atoms with Gasteiger partial charge in [-0.05, 0) is 67.0 Å². The predicted octanol–water partition coefficient (Wildman–Crippen LogP) is 4.09. The molecule has 202 valence electrons. The average molecular weight is 573 g/mol. The highest BCUT2D eigenvalue weighted by atomic mass is 32.2. The first-order chi connectivity index (χ1) is 22.8. The van der Waals surface area contributed by atoms with Gasteiger partial charge < -0.3 is 0 Å². The number of imide groups is 2. The van der Waals surface area contributed by atoms with Crippen LogP contribution in [0.2, 0.25) is 0 Å². The van der Waals surface area contributed by atoms with E-state index in [1.165, 1.54) is 38.2 Å². The van der Waals surface area contributed by atoms with Crippen LogP contribution in [0.25, 0.3) is 0 Å². The van der Waals surface area contributed by atoms with Crippen LogP contribution in [0.5, 0.6) is 0 Å². The fourth-order valence-electron chi connectivity index (χ4n) is 4.47. The Morgan fingerprint density at radius 2 is 1.22 bits per heavy atom. The summed E-state index contributed by atoms with van der Waals surface area (Å²) >= 11 is 0. The van der Waals surface area contributed by atoms with E-state index in [4.69, 9.17) is 11.0 Å². The van der Waals surface area contributed by atoms with Gasteiger partial charge in [0.25, 0.3) is 23.6 Å². The second-order valence-electron chi connectivity index (χ2n) is 9.10. The molecule has 4 aromatic rings. The van der Waals surface area contributed by atoms with Gasteiger partial charge in [-0.15, -0.1) is 0 Å². The molecule has 9 nitrogen and oxygen atoms in total. The summed E-state index contributed by atoms with van der Waals surface area (Å²) in [5.74, 6) is -4.19. The van der Waals surface area contributed by atoms with Gasteiger partial charge >= 0.3 is 0 Å². The lowest BCUT2D eigenvalue weighted by Gasteiger charge is -2.15. The number of fused-ring (bicyclic) bond motifs is 2. The van der Waals surface area contributed by atoms with Gasteiger partial charge in [-0.2, -0.15) is 0 Å². The molecule has 4 amide bonds. The number of nitrogens with zero attached hydrogens (tertiary/aromatic N) is 2. The van der Waals surface area contributed by atoms with Gasteiger partial charge in [0.15, 0.2) is 5.78 Å². The second kappa shape index (κ2) is 9.17. The van der Waals surface area contributed by atoms with Crippen molar-refractivity contribution in [3.63, 3.8) is 0 Å². The molecule has 0 unspecified atom stereocenters. The maximum Gasteiger partial charge on any atom is 0.266 e. The van der Waals surface area contributed by atoms with Crippen molar-refractivity contribution in [3.05, 3.63) is 124 Å². The molecule has 2 aliphatic heterocycles. The first kappa shape index (κ1) is 18.2. The first-order valence-electron chi connectivity index (χ1n) is 15.8. The molecule has 0 saturated heterocycles. The lowest BCUT2D eigenvalue weighted by molar-refractivity contribution is 0.0692. The number of carbonyl (C=O) groups is 5. The zero-order chi connectivity index (χ0) is 36.2. The van der Waals surface area contributed by atoms with E-state index in [1.54, 1.807) is 0 Å². The van der Waals surface area contributed by atoms with Crippen molar-refractivity contribution in [2.45, 2.75) is 16.7 Å². The third-order valence-electron chi connectivity index (χ3n) is 6.58. The van der Waals surface area contributed by atoms with E-state index in [0.717, 1.165) is 17.0 Å². The minimum absolute atomic E-state index is 0.00231. The number of sulfone groups is 1. The SMILES string of the molecule is [2H]c1c([2H])c(C)c([2H])c(S(=O)(=O)c2c([2H])c([2H])c([2H])c(N3C(=O)c4ccc(C(=O)c5ccc6c(c5)C(=O)N(C)C6=O)cc4C3=O)c2[2H])c1[2H]. The Balaban J connectivity index is 1.46. The Bertz CT molecular complexity index is 2400. The van der Waals surface area contributed by atoms with Gasteiger partial charge in [0.05, 0.1) is 48.7 Å². The molecule has 0 atom stereocenters. The van der Waals surface area contributed by atoms with Crippen LogP contribution in [-0.4, -0.2) is 49.8 Å². The summed E-state index contributed by atoms with van der Waals surface area (Å²) in [6, 6.07) is -0.749. The zero-order valence-electron chi connectivity index (χ0n) is 29.1. The van der Waals surface area contributed by atoms with Crippen LogP contribution in [0.4, 0.5) is 5.69 Å². The van der Waals surface area contributed by atoms with E-state index in [0.29, 0.717) is 0 Å². The van der Waals surface area contributed by atoms with Crippen LogP contribution in [0.3, 0.4) is 0 Å². The van der Waals surface area contributed by atoms with E-state index in [-0.39, 0.29) is 43.8 Å². The van der Waals surface area contributed by atoms with Crippen LogP contribution in [-0.2, 0) is 9.84 Å². The largest absolute Gasteiger partial charge is 0.289 e. The molecule has 0 saturated carbocycles. The summed E-state index contributed by atoms with van der Waals surface area (Å²) in [5.41, 5.74) is -2.00. The molecule has 0 N–H and O–H groups in total. The fourth-order valence-corrected chi connectivity index (χ4v) is 5.56. The van der Waals surface area contributed by atoms with Crippen LogP contribution in [0, 0.1) is 6.92 Å². The highest BCUT2D eigenvalue weighted by Gasteiger charge is 2.38. The van der Waals surface area contributed by atoms with Crippen molar-refractivity contribution in [1.82, 2.24) is 4.90 Å². The number of ketones is 1. The number of rotatable bonds is 5. The topological polar surface area (TPSA) is 126 Å². The molecular weight excluding hydrogens is 544 g/mol. The summed E-state index contributed by atoms with van der Waals surface area (Å²) in [4.78, 5) is 64.1. The van der Waals surface area contributed by atoms with E-state index >= 15 is 0 Å². The highest BCUT2D eigenvalue weighted by molar-refractivity contribution is 7.91. The third kappa shape index (κ3) is 3.99. The highest BCUT2D eigenvalue weighted by Crippen LogP contribution is 2.32. The Hall–Kier alpha value is -5.22. The molecule has 6 rings (SSSR count). The van der Waals surface area contributed by atoms with Crippen molar-refractivity contribution < 1.29 is 43.4 Å². The summed E-state index contributed by atoms with van der Waals surface area (Å²) < 4.78 is 93.9. The van der Waals surface area contributed by atoms with Crippen LogP contribution < -0.4 is 4.90 Å². The molecule has 2 heterocycles. The molecule has 0 fully saturated rings. The van der Waals surface area contributed by atoms with Crippen molar-refractivity contribution >= 4 is 44.9 Å². The quantitative estimate of drug-likeness (QED) is 0.261. The first-order valence-corrected chi connectivity index (χ1v) is 13.3. The molecule has 0 aliphatic carbocycles. The fraction of sp³-hybridized carbons (Fsp3) is 0.0645. The second-order valence-corrected chi connectivity index (χ2v) is 10.9. The zero-order valence-corrected chi connectivity index (χ0v) is 21.9. The standard InChI is InChI=1S/C31H20N2O7S/c1-17-5-3-7-21(13-17)41(39,40)22-8-4-6-20(16-22)33-30(37)24-12-10-19(15-26(24)31(33)38)27(34)18-9-11-23-25(14-18)29(36)32(2)28(23)35/h3-16H,1-2H3/i3D,4D,5D,6D,7D,8D,13D,16D. The number of benzene rings is 4. The summed E-state index contributed by atoms with van der Waals surface area (Å²) in [5, 5.41) is 0.